The number of rotatable bonds is 5. The molecule has 8 heteroatoms. The van der Waals surface area contributed by atoms with Crippen LogP contribution >= 0.6 is 0 Å². The summed E-state index contributed by atoms with van der Waals surface area (Å²) in [6.07, 6.45) is 0. The molecule has 1 aliphatic rings. The molecule has 1 unspecified atom stereocenters. The van der Waals surface area contributed by atoms with Crippen LogP contribution < -0.4 is 5.32 Å². The molecule has 0 aliphatic carbocycles. The van der Waals surface area contributed by atoms with Gasteiger partial charge in [0.25, 0.3) is 5.91 Å². The maximum atomic E-state index is 13.4. The number of carbonyl (C=O) groups excluding carboxylic acids is 2. The van der Waals surface area contributed by atoms with E-state index in [1.54, 1.807) is 60.7 Å². The topological polar surface area (TPSA) is 81.1 Å². The Labute approximate surface area is 191 Å². The van der Waals surface area contributed by atoms with Crippen LogP contribution in [-0.4, -0.2) is 25.7 Å². The Balaban J connectivity index is 1.42. The molecule has 0 saturated heterocycles. The first-order valence-corrected chi connectivity index (χ1v) is 11.7. The third-order valence-corrected chi connectivity index (χ3v) is 6.62. The molecule has 4 aromatic rings. The summed E-state index contributed by atoms with van der Waals surface area (Å²) in [5.41, 5.74) is 3.35. The lowest BCUT2D eigenvalue weighted by molar-refractivity contribution is 0.101. The lowest BCUT2D eigenvalue weighted by Crippen LogP contribution is -2.17. The van der Waals surface area contributed by atoms with Gasteiger partial charge in [-0.05, 0) is 36.4 Å². The van der Waals surface area contributed by atoms with Gasteiger partial charge in [0.2, 0.25) is 0 Å². The molecule has 1 amide bonds. The third kappa shape index (κ3) is 4.12. The number of hydrogen-bond donors (Lipinski definition) is 1. The van der Waals surface area contributed by atoms with Crippen molar-refractivity contribution >= 4 is 28.3 Å². The van der Waals surface area contributed by atoms with Gasteiger partial charge < -0.3 is 5.32 Å². The zero-order valence-electron chi connectivity index (χ0n) is 17.3. The van der Waals surface area contributed by atoms with Gasteiger partial charge in [-0.2, -0.15) is 5.10 Å². The van der Waals surface area contributed by atoms with Crippen LogP contribution in [0.25, 0.3) is 5.69 Å². The summed E-state index contributed by atoms with van der Waals surface area (Å²) in [5, 5.41) is 7.37. The highest BCUT2D eigenvalue weighted by Crippen LogP contribution is 2.31. The average molecular weight is 460 g/mol. The molecule has 1 N–H and O–H groups in total. The molecule has 3 aromatic carbocycles. The summed E-state index contributed by atoms with van der Waals surface area (Å²) in [4.78, 5) is 25.6. The maximum absolute atomic E-state index is 13.4. The number of carbonyl (C=O) groups is 2. The van der Waals surface area contributed by atoms with E-state index in [0.29, 0.717) is 45.2 Å². The largest absolute Gasteiger partial charge is 0.306 e. The zero-order valence-corrected chi connectivity index (χ0v) is 18.1. The van der Waals surface area contributed by atoms with E-state index in [9.17, 15) is 18.2 Å². The highest BCUT2D eigenvalue weighted by atomic mass is 32.2. The van der Waals surface area contributed by atoms with Crippen molar-refractivity contribution in [2.75, 3.05) is 5.32 Å². The van der Waals surface area contributed by atoms with Gasteiger partial charge in [-0.25, -0.2) is 9.07 Å². The molecule has 6 nitrogen and oxygen atoms in total. The Morgan fingerprint density at radius 2 is 1.48 bits per heavy atom. The minimum Gasteiger partial charge on any atom is -0.306 e. The molecule has 0 radical (unpaired) electrons. The molecule has 164 valence electrons. The van der Waals surface area contributed by atoms with Gasteiger partial charge >= 0.3 is 0 Å². The summed E-state index contributed by atoms with van der Waals surface area (Å²) >= 11 is 0. The second kappa shape index (κ2) is 8.55. The van der Waals surface area contributed by atoms with Gasteiger partial charge in [0.15, 0.2) is 5.78 Å². The van der Waals surface area contributed by atoms with E-state index in [2.05, 4.69) is 10.4 Å². The number of ketones is 1. The van der Waals surface area contributed by atoms with Crippen LogP contribution in [0.2, 0.25) is 0 Å². The number of anilines is 1. The third-order valence-electron chi connectivity index (χ3n) is 5.42. The van der Waals surface area contributed by atoms with Crippen molar-refractivity contribution in [1.82, 2.24) is 9.78 Å². The molecular formula is C25H18FN3O3S. The van der Waals surface area contributed by atoms with Crippen LogP contribution in [0.15, 0.2) is 78.9 Å². The number of amides is 1. The van der Waals surface area contributed by atoms with Crippen LogP contribution in [0.3, 0.4) is 0 Å². The van der Waals surface area contributed by atoms with Gasteiger partial charge in [-0.1, -0.05) is 42.5 Å². The Morgan fingerprint density at radius 1 is 0.848 bits per heavy atom. The van der Waals surface area contributed by atoms with E-state index in [0.717, 1.165) is 0 Å². The second-order valence-electron chi connectivity index (χ2n) is 7.62. The molecule has 0 bridgehead atoms. The lowest BCUT2D eigenvalue weighted by Gasteiger charge is -2.11. The SMILES string of the molecule is O=C(Nc1c2c(nn1-c1ccc(F)cc1)CS(=O)C2)c1ccc(C(=O)c2ccccc2)cc1. The van der Waals surface area contributed by atoms with E-state index in [-0.39, 0.29) is 17.4 Å². The molecule has 1 atom stereocenters. The smallest absolute Gasteiger partial charge is 0.256 e. The van der Waals surface area contributed by atoms with Gasteiger partial charge in [0.1, 0.15) is 11.6 Å². The molecule has 0 saturated carbocycles. The predicted molar refractivity (Wildman–Crippen MR) is 123 cm³/mol. The molecule has 5 rings (SSSR count). The minimum absolute atomic E-state index is 0.128. The van der Waals surface area contributed by atoms with Crippen molar-refractivity contribution in [3.63, 3.8) is 0 Å². The first-order chi connectivity index (χ1) is 16.0. The Hall–Kier alpha value is -3.91. The monoisotopic (exact) mass is 459 g/mol. The number of nitrogens with zero attached hydrogens (tertiary/aromatic N) is 2. The molecule has 1 aromatic heterocycles. The number of hydrogen-bond acceptors (Lipinski definition) is 4. The highest BCUT2D eigenvalue weighted by Gasteiger charge is 2.28. The number of fused-ring (bicyclic) bond motifs is 1. The molecule has 33 heavy (non-hydrogen) atoms. The van der Waals surface area contributed by atoms with Gasteiger partial charge in [0, 0.05) is 33.1 Å². The average Bonchev–Trinajstić information content (AvgIpc) is 3.36. The van der Waals surface area contributed by atoms with Crippen molar-refractivity contribution in [3.05, 3.63) is 113 Å². The van der Waals surface area contributed by atoms with Crippen LogP contribution in [0.5, 0.6) is 0 Å². The normalized spacial score (nSPS) is 14.6. The van der Waals surface area contributed by atoms with Crippen molar-refractivity contribution < 1.29 is 18.2 Å². The Morgan fingerprint density at radius 3 is 2.18 bits per heavy atom. The summed E-state index contributed by atoms with van der Waals surface area (Å²) in [6, 6.07) is 21.1. The second-order valence-corrected chi connectivity index (χ2v) is 9.07. The van der Waals surface area contributed by atoms with Crippen LogP contribution in [0, 0.1) is 5.82 Å². The zero-order chi connectivity index (χ0) is 22.9. The van der Waals surface area contributed by atoms with Crippen LogP contribution in [-0.2, 0) is 22.3 Å². The molecule has 0 fully saturated rings. The number of halogens is 1. The van der Waals surface area contributed by atoms with Gasteiger partial charge in [-0.15, -0.1) is 0 Å². The highest BCUT2D eigenvalue weighted by molar-refractivity contribution is 7.83. The van der Waals surface area contributed by atoms with E-state index in [4.69, 9.17) is 0 Å². The lowest BCUT2D eigenvalue weighted by atomic mass is 10.0. The first kappa shape index (κ1) is 21.0. The summed E-state index contributed by atoms with van der Waals surface area (Å²) in [6.45, 7) is 0. The minimum atomic E-state index is -1.08. The molecular weight excluding hydrogens is 441 g/mol. The van der Waals surface area contributed by atoms with Crippen LogP contribution in [0.4, 0.5) is 10.2 Å². The summed E-state index contributed by atoms with van der Waals surface area (Å²) < 4.78 is 27.0. The standard InChI is InChI=1S/C25H18FN3O3S/c26-19-10-12-20(13-11-19)29-24(21-14-33(32)15-22(21)28-29)27-25(31)18-8-6-17(7-9-18)23(30)16-4-2-1-3-5-16/h1-13H,14-15H2,(H,27,31). The fourth-order valence-corrected chi connectivity index (χ4v) is 5.00. The van der Waals surface area contributed by atoms with E-state index < -0.39 is 16.7 Å². The van der Waals surface area contributed by atoms with E-state index >= 15 is 0 Å². The van der Waals surface area contributed by atoms with Crippen LogP contribution in [0.1, 0.15) is 37.5 Å². The Bertz CT molecular complexity index is 1380. The molecule has 0 spiro atoms. The maximum Gasteiger partial charge on any atom is 0.256 e. The fraction of sp³-hybridized carbons (Fsp3) is 0.0800. The van der Waals surface area contributed by atoms with Gasteiger partial charge in [-0.3, -0.25) is 13.8 Å². The number of benzene rings is 3. The fourth-order valence-electron chi connectivity index (χ4n) is 3.73. The van der Waals surface area contributed by atoms with Crippen molar-refractivity contribution in [1.29, 1.82) is 0 Å². The Kier molecular flexibility index (Phi) is 5.43. The van der Waals surface area contributed by atoms with E-state index in [1.807, 2.05) is 6.07 Å². The molecule has 2 heterocycles. The number of aromatic nitrogens is 2. The quantitative estimate of drug-likeness (QED) is 0.452. The summed E-state index contributed by atoms with van der Waals surface area (Å²) in [5.74, 6) is 0.112. The number of nitrogens with one attached hydrogen (secondary N) is 1. The van der Waals surface area contributed by atoms with Crippen molar-refractivity contribution in [3.8, 4) is 5.69 Å². The molecule has 1 aliphatic heterocycles. The summed E-state index contributed by atoms with van der Waals surface area (Å²) in [7, 11) is -1.08. The predicted octanol–water partition coefficient (Wildman–Crippen LogP) is 4.26. The van der Waals surface area contributed by atoms with E-state index in [1.165, 1.54) is 16.8 Å². The van der Waals surface area contributed by atoms with Gasteiger partial charge in [0.05, 0.1) is 22.9 Å². The van der Waals surface area contributed by atoms with Crippen molar-refractivity contribution in [2.45, 2.75) is 11.5 Å². The van der Waals surface area contributed by atoms with Crippen molar-refractivity contribution in [2.24, 2.45) is 0 Å². The first-order valence-electron chi connectivity index (χ1n) is 10.2.